The molecule has 2 aromatic carbocycles. The number of hydrogen-bond acceptors (Lipinski definition) is 11. The van der Waals surface area contributed by atoms with Gasteiger partial charge in [-0.1, -0.05) is 6.92 Å². The van der Waals surface area contributed by atoms with Crippen molar-refractivity contribution in [1.82, 2.24) is 58.8 Å². The molecule has 13 nitrogen and oxygen atoms in total. The van der Waals surface area contributed by atoms with Crippen LogP contribution >= 0.6 is 0 Å². The molecule has 2 aliphatic carbocycles. The summed E-state index contributed by atoms with van der Waals surface area (Å²) in [4.78, 5) is 40.2. The molecule has 2 unspecified atom stereocenters. The molecule has 2 saturated carbocycles. The molecule has 0 amide bonds. The van der Waals surface area contributed by atoms with Crippen LogP contribution in [0.5, 0.6) is 0 Å². The van der Waals surface area contributed by atoms with Gasteiger partial charge in [0.1, 0.15) is 46.0 Å². The average Bonchev–Trinajstić information content (AvgIpc) is 3.74. The lowest BCUT2D eigenvalue weighted by atomic mass is 10.0. The number of aromatic nitrogens is 10. The van der Waals surface area contributed by atoms with Gasteiger partial charge in [-0.3, -0.25) is 19.8 Å². The minimum Gasteiger partial charge on any atom is -0.327 e. The SMILES string of the molecule is Cc1nc2c(F)cc(-c3cc(Cc4ncc(CN5C[C@@H]6C(C)[C@@H]6C5)cn4)ncc3F)cc2n1C(C)C.Cc1nc2c(F)cc(-c3cc(Cc4ncc(CN5C[C@@H]6C(N)[C@@H]6C5)cn4)ncc3F)cc2n1C(C)C. The van der Waals surface area contributed by atoms with Gasteiger partial charge >= 0.3 is 0 Å². The first-order valence-electron chi connectivity index (χ1n) is 25.0. The van der Waals surface area contributed by atoms with E-state index in [9.17, 15) is 17.6 Å². The van der Waals surface area contributed by atoms with Crippen LogP contribution in [0.4, 0.5) is 17.6 Å². The van der Waals surface area contributed by atoms with Crippen LogP contribution < -0.4 is 5.73 Å². The molecule has 0 bridgehead atoms. The quantitative estimate of drug-likeness (QED) is 0.117. The van der Waals surface area contributed by atoms with Crippen LogP contribution in [0, 0.1) is 66.7 Å². The van der Waals surface area contributed by atoms with Crippen molar-refractivity contribution >= 4 is 22.1 Å². The maximum atomic E-state index is 15.0. The first kappa shape index (κ1) is 47.7. The highest BCUT2D eigenvalue weighted by molar-refractivity contribution is 5.85. The van der Waals surface area contributed by atoms with E-state index in [4.69, 9.17) is 5.73 Å². The third-order valence-electron chi connectivity index (χ3n) is 15.4. The summed E-state index contributed by atoms with van der Waals surface area (Å²) < 4.78 is 63.5. The summed E-state index contributed by atoms with van der Waals surface area (Å²) in [5, 5.41) is 0. The van der Waals surface area contributed by atoms with E-state index >= 15 is 0 Å². The number of benzene rings is 2. The monoisotopic (exact) mass is 977 g/mol. The number of nitrogens with two attached hydrogens (primary N) is 1. The number of aryl methyl sites for hydroxylation is 2. The summed E-state index contributed by atoms with van der Waals surface area (Å²) in [5.74, 6) is 4.63. The Kier molecular flexibility index (Phi) is 12.5. The molecule has 4 fully saturated rings. The number of fused-ring (bicyclic) bond motifs is 4. The molecule has 12 rings (SSSR count). The summed E-state index contributed by atoms with van der Waals surface area (Å²) >= 11 is 0. The zero-order chi connectivity index (χ0) is 50.3. The average molecular weight is 978 g/mol. The van der Waals surface area contributed by atoms with Crippen molar-refractivity contribution in [3.8, 4) is 22.3 Å². The van der Waals surface area contributed by atoms with Crippen molar-refractivity contribution in [2.75, 3.05) is 26.2 Å². The van der Waals surface area contributed by atoms with E-state index in [-0.39, 0.29) is 17.6 Å². The normalized spacial score (nSPS) is 21.5. The van der Waals surface area contributed by atoms with Crippen molar-refractivity contribution in [3.05, 3.63) is 143 Å². The highest BCUT2D eigenvalue weighted by atomic mass is 19.1. The number of likely N-dealkylation sites (tertiary alicyclic amines) is 2. The minimum atomic E-state index is -0.510. The first-order chi connectivity index (χ1) is 34.6. The molecule has 8 heterocycles. The van der Waals surface area contributed by atoms with Gasteiger partial charge in [-0.15, -0.1) is 0 Å². The van der Waals surface area contributed by atoms with Gasteiger partial charge in [0.25, 0.3) is 0 Å². The van der Waals surface area contributed by atoms with E-state index in [1.807, 2.05) is 75.5 Å². The van der Waals surface area contributed by atoms with Gasteiger partial charge < -0.3 is 14.9 Å². The van der Waals surface area contributed by atoms with Crippen LogP contribution in [0.3, 0.4) is 0 Å². The maximum absolute atomic E-state index is 15.0. The summed E-state index contributed by atoms with van der Waals surface area (Å²) in [6, 6.07) is 10.2. The zero-order valence-corrected chi connectivity index (χ0v) is 41.7. The molecule has 0 spiro atoms. The predicted molar refractivity (Wildman–Crippen MR) is 267 cm³/mol. The van der Waals surface area contributed by atoms with Crippen LogP contribution in [0.2, 0.25) is 0 Å². The number of pyridine rings is 2. The Hall–Kier alpha value is -6.56. The third-order valence-corrected chi connectivity index (χ3v) is 15.4. The van der Waals surface area contributed by atoms with Crippen molar-refractivity contribution in [2.24, 2.45) is 35.3 Å². The van der Waals surface area contributed by atoms with Crippen molar-refractivity contribution in [1.29, 1.82) is 0 Å². The summed E-state index contributed by atoms with van der Waals surface area (Å²) in [6.07, 6.45) is 10.5. The van der Waals surface area contributed by atoms with E-state index in [0.29, 0.717) is 92.5 Å². The Morgan fingerprint density at radius 2 is 0.917 bits per heavy atom. The molecule has 4 aliphatic rings. The van der Waals surface area contributed by atoms with Gasteiger partial charge in [0, 0.05) is 116 Å². The molecule has 72 heavy (non-hydrogen) atoms. The van der Waals surface area contributed by atoms with Crippen molar-refractivity contribution in [2.45, 2.75) is 92.5 Å². The van der Waals surface area contributed by atoms with E-state index in [1.54, 1.807) is 24.3 Å². The fourth-order valence-corrected chi connectivity index (χ4v) is 11.5. The van der Waals surface area contributed by atoms with Crippen LogP contribution in [-0.2, 0) is 25.9 Å². The van der Waals surface area contributed by atoms with E-state index < -0.39 is 23.3 Å². The standard InChI is InChI=1S/C28H30F2N6.C27H29F2N7/c1-15(2)36-17(4)34-28-24(29)5-19(6-26(28)36)21-7-20(31-11-25(21)30)8-27-32-9-18(10-33-27)12-35-13-22-16(3)23(22)14-35;1-14(2)36-15(3)34-27-22(28)4-17(5-24(27)36)19-6-18(31-10-23(19)29)7-25-32-8-16(9-33-25)11-35-12-20-21(13-35)26(20)30/h5-7,9-11,15-16,22-23H,8,12-14H2,1-4H3;4-6,8-10,14,20-21,26H,7,11-13,30H2,1-3H3/t16?,22-,23+;20-,21+,26?. The fraction of sp³-hybridized carbons (Fsp3) is 0.418. The Labute approximate surface area is 416 Å². The highest BCUT2D eigenvalue weighted by Gasteiger charge is 2.53. The lowest BCUT2D eigenvalue weighted by Crippen LogP contribution is -2.27. The zero-order valence-electron chi connectivity index (χ0n) is 41.7. The lowest BCUT2D eigenvalue weighted by Gasteiger charge is -2.18. The Morgan fingerprint density at radius 3 is 1.31 bits per heavy atom. The van der Waals surface area contributed by atoms with Crippen LogP contribution in [-0.4, -0.2) is 91.0 Å². The van der Waals surface area contributed by atoms with Gasteiger partial charge in [0.15, 0.2) is 11.6 Å². The van der Waals surface area contributed by atoms with E-state index in [2.05, 4.69) is 56.6 Å². The minimum absolute atomic E-state index is 0.0938. The third kappa shape index (κ3) is 9.26. The number of rotatable bonds is 12. The van der Waals surface area contributed by atoms with Crippen molar-refractivity contribution in [3.63, 3.8) is 0 Å². The molecule has 2 aliphatic heterocycles. The molecule has 6 atom stereocenters. The molecule has 0 radical (unpaired) electrons. The fourth-order valence-electron chi connectivity index (χ4n) is 11.5. The van der Waals surface area contributed by atoms with E-state index in [0.717, 1.165) is 66.7 Å². The molecule has 2 saturated heterocycles. The molecule has 6 aromatic heterocycles. The number of halogens is 4. The van der Waals surface area contributed by atoms with Crippen LogP contribution in [0.25, 0.3) is 44.3 Å². The summed E-state index contributed by atoms with van der Waals surface area (Å²) in [7, 11) is 0. The van der Waals surface area contributed by atoms with Gasteiger partial charge in [-0.25, -0.2) is 47.5 Å². The summed E-state index contributed by atoms with van der Waals surface area (Å²) in [5.41, 5.74) is 12.8. The van der Waals surface area contributed by atoms with Gasteiger partial charge in [-0.05, 0) is 119 Å². The second-order valence-electron chi connectivity index (χ2n) is 21.1. The highest BCUT2D eigenvalue weighted by Crippen LogP contribution is 2.51. The number of nitrogens with zero attached hydrogens (tertiary/aromatic N) is 12. The number of imidazole rings is 2. The first-order valence-corrected chi connectivity index (χ1v) is 25.0. The second-order valence-corrected chi connectivity index (χ2v) is 21.1. The van der Waals surface area contributed by atoms with Crippen molar-refractivity contribution < 1.29 is 17.6 Å². The Morgan fingerprint density at radius 1 is 0.528 bits per heavy atom. The van der Waals surface area contributed by atoms with Gasteiger partial charge in [0.2, 0.25) is 0 Å². The van der Waals surface area contributed by atoms with Crippen LogP contribution in [0.15, 0.2) is 73.6 Å². The molecule has 17 heteroatoms. The summed E-state index contributed by atoms with van der Waals surface area (Å²) in [6.45, 7) is 20.2. The number of hydrogen-bond donors (Lipinski definition) is 1. The van der Waals surface area contributed by atoms with Gasteiger partial charge in [0.05, 0.1) is 36.3 Å². The molecule has 2 N–H and O–H groups in total. The second kappa shape index (κ2) is 18.8. The molecular weight excluding hydrogens is 919 g/mol. The molecular formula is C55H59F4N13. The van der Waals surface area contributed by atoms with Gasteiger partial charge in [-0.2, -0.15) is 0 Å². The topological polar surface area (TPSA) is 145 Å². The predicted octanol–water partition coefficient (Wildman–Crippen LogP) is 9.38. The molecule has 8 aromatic rings. The Balaban J connectivity index is 0.000000156. The largest absolute Gasteiger partial charge is 0.327 e. The smallest absolute Gasteiger partial charge is 0.151 e. The van der Waals surface area contributed by atoms with E-state index in [1.165, 1.54) is 37.6 Å². The van der Waals surface area contributed by atoms with Crippen LogP contribution in [0.1, 0.15) is 92.5 Å². The maximum Gasteiger partial charge on any atom is 0.151 e. The number of piperidine rings is 2. The lowest BCUT2D eigenvalue weighted by molar-refractivity contribution is 0.281. The Bertz CT molecular complexity index is 3090. The molecule has 372 valence electrons.